The monoisotopic (exact) mass is 261 g/mol. The van der Waals surface area contributed by atoms with Gasteiger partial charge in [0, 0.05) is 13.1 Å². The molecule has 0 amide bonds. The van der Waals surface area contributed by atoms with E-state index in [2.05, 4.69) is 41.4 Å². The molecular formula is C16H25N2O-. The fourth-order valence-corrected chi connectivity index (χ4v) is 2.99. The van der Waals surface area contributed by atoms with E-state index in [0.29, 0.717) is 5.92 Å². The van der Waals surface area contributed by atoms with Gasteiger partial charge in [-0.15, -0.1) is 6.04 Å². The first-order valence-corrected chi connectivity index (χ1v) is 7.25. The Balaban J connectivity index is 1.92. The first-order valence-electron chi connectivity index (χ1n) is 7.25. The average molecular weight is 261 g/mol. The van der Waals surface area contributed by atoms with Crippen LogP contribution in [-0.4, -0.2) is 42.8 Å². The molecular weight excluding hydrogens is 236 g/mol. The Morgan fingerprint density at radius 3 is 2.47 bits per heavy atom. The second-order valence-electron chi connectivity index (χ2n) is 5.62. The highest BCUT2D eigenvalue weighted by Crippen LogP contribution is 2.29. The second kappa shape index (κ2) is 7.04. The Hall–Kier alpha value is -0.900. The van der Waals surface area contributed by atoms with Gasteiger partial charge < -0.3 is 15.3 Å². The molecule has 1 N–H and O–H groups in total. The number of rotatable bonds is 5. The van der Waals surface area contributed by atoms with Gasteiger partial charge in [-0.05, 0) is 25.3 Å². The molecule has 106 valence electrons. The molecule has 1 aliphatic heterocycles. The standard InChI is InChI=1S/C16H25N2O/c1-13(12-18-10-8-15(19)9-11-18)16(17-2)14-6-4-3-5-7-14/h3-7,13,15-16,19H,8-12H2,1-2H3/q-1/t13-,16+/m0/s1. The van der Waals surface area contributed by atoms with Crippen molar-refractivity contribution in [2.75, 3.05) is 26.7 Å². The predicted molar refractivity (Wildman–Crippen MR) is 79.3 cm³/mol. The molecule has 2 atom stereocenters. The largest absolute Gasteiger partial charge is 0.658 e. The molecule has 1 aromatic carbocycles. The van der Waals surface area contributed by atoms with Gasteiger partial charge in [0.15, 0.2) is 0 Å². The molecule has 0 unspecified atom stereocenters. The van der Waals surface area contributed by atoms with Crippen LogP contribution < -0.4 is 0 Å². The van der Waals surface area contributed by atoms with Crippen LogP contribution in [-0.2, 0) is 0 Å². The van der Waals surface area contributed by atoms with Crippen molar-refractivity contribution < 1.29 is 5.11 Å². The molecule has 3 heteroatoms. The van der Waals surface area contributed by atoms with Crippen molar-refractivity contribution >= 4 is 0 Å². The quantitative estimate of drug-likeness (QED) is 0.885. The maximum atomic E-state index is 9.55. The molecule has 0 spiro atoms. The zero-order valence-corrected chi connectivity index (χ0v) is 12.0. The Morgan fingerprint density at radius 1 is 1.26 bits per heavy atom. The van der Waals surface area contributed by atoms with Crippen molar-refractivity contribution in [3.63, 3.8) is 0 Å². The summed E-state index contributed by atoms with van der Waals surface area (Å²) in [6, 6.07) is 10.8. The number of aliphatic hydroxyl groups is 1. The molecule has 1 fully saturated rings. The third kappa shape index (κ3) is 4.03. The van der Waals surface area contributed by atoms with Gasteiger partial charge in [0.25, 0.3) is 0 Å². The Kier molecular flexibility index (Phi) is 5.37. The fourth-order valence-electron chi connectivity index (χ4n) is 2.99. The second-order valence-corrected chi connectivity index (χ2v) is 5.62. The number of nitrogens with zero attached hydrogens (tertiary/aromatic N) is 2. The van der Waals surface area contributed by atoms with Crippen LogP contribution in [0.5, 0.6) is 0 Å². The van der Waals surface area contributed by atoms with Crippen LogP contribution in [0.25, 0.3) is 5.32 Å². The molecule has 1 saturated heterocycles. The normalized spacial score (nSPS) is 21.2. The summed E-state index contributed by atoms with van der Waals surface area (Å²) in [6.45, 7) is 5.35. The minimum atomic E-state index is -0.0904. The van der Waals surface area contributed by atoms with Crippen molar-refractivity contribution in [2.24, 2.45) is 5.92 Å². The van der Waals surface area contributed by atoms with Crippen molar-refractivity contribution in [1.82, 2.24) is 4.90 Å². The van der Waals surface area contributed by atoms with Gasteiger partial charge in [-0.3, -0.25) is 0 Å². The summed E-state index contributed by atoms with van der Waals surface area (Å²) in [6.07, 6.45) is 1.73. The SMILES string of the molecule is C[N-][C@@H](c1ccccc1)[C@@H](C)CN1CCC(O)CC1. The molecule has 19 heavy (non-hydrogen) atoms. The third-order valence-corrected chi connectivity index (χ3v) is 4.06. The number of piperidine rings is 1. The van der Waals surface area contributed by atoms with E-state index >= 15 is 0 Å². The summed E-state index contributed by atoms with van der Waals surface area (Å²) in [5.74, 6) is 0.502. The van der Waals surface area contributed by atoms with Crippen molar-refractivity contribution in [1.29, 1.82) is 0 Å². The first-order chi connectivity index (χ1) is 9.20. The van der Waals surface area contributed by atoms with Crippen molar-refractivity contribution in [3.05, 3.63) is 41.2 Å². The summed E-state index contributed by atoms with van der Waals surface area (Å²) in [5.41, 5.74) is 1.30. The molecule has 2 rings (SSSR count). The van der Waals surface area contributed by atoms with Crippen LogP contribution in [0.3, 0.4) is 0 Å². The number of hydrogen-bond acceptors (Lipinski definition) is 2. The lowest BCUT2D eigenvalue weighted by Crippen LogP contribution is -2.39. The molecule has 1 aliphatic rings. The number of aliphatic hydroxyl groups excluding tert-OH is 1. The third-order valence-electron chi connectivity index (χ3n) is 4.06. The smallest absolute Gasteiger partial charge is 0.0564 e. The highest BCUT2D eigenvalue weighted by Gasteiger charge is 2.20. The van der Waals surface area contributed by atoms with E-state index in [1.54, 1.807) is 0 Å². The molecule has 3 nitrogen and oxygen atoms in total. The number of benzene rings is 1. The van der Waals surface area contributed by atoms with E-state index in [9.17, 15) is 5.11 Å². The van der Waals surface area contributed by atoms with Crippen LogP contribution in [0.2, 0.25) is 0 Å². The highest BCUT2D eigenvalue weighted by molar-refractivity contribution is 5.23. The van der Waals surface area contributed by atoms with E-state index in [1.165, 1.54) is 5.56 Å². The topological polar surface area (TPSA) is 37.6 Å². The van der Waals surface area contributed by atoms with Gasteiger partial charge in [0.05, 0.1) is 6.10 Å². The molecule has 0 saturated carbocycles. The maximum absolute atomic E-state index is 9.55. The Morgan fingerprint density at radius 2 is 1.89 bits per heavy atom. The van der Waals surface area contributed by atoms with E-state index < -0.39 is 0 Å². The zero-order valence-electron chi connectivity index (χ0n) is 12.0. The number of hydrogen-bond donors (Lipinski definition) is 1. The lowest BCUT2D eigenvalue weighted by Gasteiger charge is -2.39. The summed E-state index contributed by atoms with van der Waals surface area (Å²) in [4.78, 5) is 2.46. The van der Waals surface area contributed by atoms with Crippen LogP contribution in [0.15, 0.2) is 30.3 Å². The lowest BCUT2D eigenvalue weighted by atomic mass is 9.93. The molecule has 0 aliphatic carbocycles. The minimum Gasteiger partial charge on any atom is -0.658 e. The maximum Gasteiger partial charge on any atom is 0.0564 e. The van der Waals surface area contributed by atoms with E-state index in [4.69, 9.17) is 0 Å². The van der Waals surface area contributed by atoms with E-state index in [0.717, 1.165) is 32.5 Å². The first kappa shape index (κ1) is 14.5. The lowest BCUT2D eigenvalue weighted by molar-refractivity contribution is 0.0747. The van der Waals surface area contributed by atoms with Crippen LogP contribution >= 0.6 is 0 Å². The molecule has 0 bridgehead atoms. The molecule has 0 aromatic heterocycles. The zero-order chi connectivity index (χ0) is 13.7. The van der Waals surface area contributed by atoms with Gasteiger partial charge in [0.2, 0.25) is 0 Å². The van der Waals surface area contributed by atoms with Gasteiger partial charge >= 0.3 is 0 Å². The van der Waals surface area contributed by atoms with E-state index in [-0.39, 0.29) is 12.1 Å². The Labute approximate surface area is 116 Å². The van der Waals surface area contributed by atoms with Gasteiger partial charge in [-0.1, -0.05) is 42.8 Å². The van der Waals surface area contributed by atoms with Crippen LogP contribution in [0.1, 0.15) is 31.4 Å². The van der Waals surface area contributed by atoms with Crippen LogP contribution in [0, 0.1) is 5.92 Å². The average Bonchev–Trinajstić information content (AvgIpc) is 2.43. The summed E-state index contributed by atoms with van der Waals surface area (Å²) < 4.78 is 0. The highest BCUT2D eigenvalue weighted by atomic mass is 16.3. The summed E-state index contributed by atoms with van der Waals surface area (Å²) in [5, 5.41) is 14.1. The van der Waals surface area contributed by atoms with Gasteiger partial charge in [-0.2, -0.15) is 7.05 Å². The van der Waals surface area contributed by atoms with Crippen molar-refractivity contribution in [2.45, 2.75) is 31.9 Å². The summed E-state index contributed by atoms with van der Waals surface area (Å²) >= 11 is 0. The molecule has 0 radical (unpaired) electrons. The Bertz CT molecular complexity index is 360. The molecule has 1 aromatic rings. The summed E-state index contributed by atoms with van der Waals surface area (Å²) in [7, 11) is 1.91. The van der Waals surface area contributed by atoms with Gasteiger partial charge in [0.1, 0.15) is 0 Å². The minimum absolute atomic E-state index is 0.0904. The predicted octanol–water partition coefficient (Wildman–Crippen LogP) is 2.82. The fraction of sp³-hybridized carbons (Fsp3) is 0.625. The molecule has 1 heterocycles. The van der Waals surface area contributed by atoms with Gasteiger partial charge in [-0.25, -0.2) is 0 Å². The van der Waals surface area contributed by atoms with E-state index in [1.807, 2.05) is 13.1 Å². The number of likely N-dealkylation sites (tertiary alicyclic amines) is 1. The van der Waals surface area contributed by atoms with Crippen LogP contribution in [0.4, 0.5) is 0 Å². The van der Waals surface area contributed by atoms with Crippen molar-refractivity contribution in [3.8, 4) is 0 Å².